The number of aliphatic hydroxyl groups is 1. The van der Waals surface area contributed by atoms with E-state index >= 15 is 0 Å². The van der Waals surface area contributed by atoms with Gasteiger partial charge in [-0.1, -0.05) is 13.0 Å². The first-order chi connectivity index (χ1) is 6.81. The summed E-state index contributed by atoms with van der Waals surface area (Å²) in [6, 6.07) is 0. The summed E-state index contributed by atoms with van der Waals surface area (Å²) in [6.07, 6.45) is 1.72. The Hall–Kier alpha value is -0.0800. The summed E-state index contributed by atoms with van der Waals surface area (Å²) in [7, 11) is -9.28. The van der Waals surface area contributed by atoms with Crippen LogP contribution in [0.15, 0.2) is 12.7 Å². The van der Waals surface area contributed by atoms with Crippen molar-refractivity contribution in [2.75, 3.05) is 6.61 Å². The van der Waals surface area contributed by atoms with Gasteiger partial charge < -0.3 is 34.5 Å². The summed E-state index contributed by atoms with van der Waals surface area (Å²) in [5.74, 6) is 0.255. The summed E-state index contributed by atoms with van der Waals surface area (Å²) in [5, 5.41) is 8.26. The van der Waals surface area contributed by atoms with Gasteiger partial charge in [0.2, 0.25) is 0 Å². The monoisotopic (exact) mass is 282 g/mol. The SMILES string of the molecule is C=CC(C)CO.O=P(O)(O)O.O=P(O)(O)O. The van der Waals surface area contributed by atoms with E-state index in [0.29, 0.717) is 0 Å². The van der Waals surface area contributed by atoms with Crippen LogP contribution in [-0.2, 0) is 9.13 Å². The molecule has 0 aromatic heterocycles. The van der Waals surface area contributed by atoms with Gasteiger partial charge in [-0.15, -0.1) is 6.58 Å². The summed E-state index contributed by atoms with van der Waals surface area (Å²) < 4.78 is 17.8. The molecule has 0 radical (unpaired) electrons. The Bertz CT molecular complexity index is 216. The second-order valence-corrected chi connectivity index (χ2v) is 4.48. The van der Waals surface area contributed by atoms with Gasteiger partial charge in [0.05, 0.1) is 0 Å². The molecule has 0 aliphatic heterocycles. The van der Waals surface area contributed by atoms with Gasteiger partial charge in [-0.05, 0) is 5.92 Å². The molecule has 7 N–H and O–H groups in total. The first-order valence-electron chi connectivity index (χ1n) is 3.61. The van der Waals surface area contributed by atoms with E-state index in [1.54, 1.807) is 6.08 Å². The largest absolute Gasteiger partial charge is 0.466 e. The van der Waals surface area contributed by atoms with Crippen LogP contribution < -0.4 is 0 Å². The number of phosphoric acid groups is 2. The van der Waals surface area contributed by atoms with E-state index in [1.807, 2.05) is 6.92 Å². The Kier molecular flexibility index (Phi) is 13.4. The quantitative estimate of drug-likeness (QED) is 0.246. The smallest absolute Gasteiger partial charge is 0.396 e. The predicted octanol–water partition coefficient (Wildman–Crippen LogP) is -1.06. The van der Waals surface area contributed by atoms with E-state index in [9.17, 15) is 0 Å². The molecule has 9 nitrogen and oxygen atoms in total. The predicted molar refractivity (Wildman–Crippen MR) is 55.0 cm³/mol. The Morgan fingerprint density at radius 3 is 1.25 bits per heavy atom. The first-order valence-corrected chi connectivity index (χ1v) is 6.74. The van der Waals surface area contributed by atoms with Crippen molar-refractivity contribution in [3.8, 4) is 0 Å². The van der Waals surface area contributed by atoms with Crippen molar-refractivity contribution in [1.82, 2.24) is 0 Å². The van der Waals surface area contributed by atoms with Crippen LogP contribution >= 0.6 is 15.6 Å². The number of aliphatic hydroxyl groups excluding tert-OH is 1. The van der Waals surface area contributed by atoms with Crippen LogP contribution in [0.2, 0.25) is 0 Å². The zero-order chi connectivity index (χ0) is 14.0. The average Bonchev–Trinajstić information content (AvgIpc) is 1.96. The summed E-state index contributed by atoms with van der Waals surface area (Å²) in [6.45, 7) is 5.59. The van der Waals surface area contributed by atoms with Gasteiger partial charge >= 0.3 is 15.6 Å². The molecule has 100 valence electrons. The minimum atomic E-state index is -4.64. The van der Waals surface area contributed by atoms with Crippen LogP contribution in [0.25, 0.3) is 0 Å². The topological polar surface area (TPSA) is 176 Å². The molecule has 1 unspecified atom stereocenters. The molecule has 0 bridgehead atoms. The minimum Gasteiger partial charge on any atom is -0.396 e. The lowest BCUT2D eigenvalue weighted by atomic mass is 10.2. The van der Waals surface area contributed by atoms with Gasteiger partial charge in [0.1, 0.15) is 0 Å². The maximum Gasteiger partial charge on any atom is 0.466 e. The summed E-state index contributed by atoms with van der Waals surface area (Å²) >= 11 is 0. The van der Waals surface area contributed by atoms with Crippen molar-refractivity contribution >= 4 is 15.6 Å². The summed E-state index contributed by atoms with van der Waals surface area (Å²) in [5.41, 5.74) is 0. The molecule has 16 heavy (non-hydrogen) atoms. The van der Waals surface area contributed by atoms with Crippen molar-refractivity contribution in [3.05, 3.63) is 12.7 Å². The van der Waals surface area contributed by atoms with Gasteiger partial charge in [0, 0.05) is 6.61 Å². The van der Waals surface area contributed by atoms with Gasteiger partial charge in [0.15, 0.2) is 0 Å². The lowest BCUT2D eigenvalue weighted by Gasteiger charge is -1.93. The fraction of sp³-hybridized carbons (Fsp3) is 0.600. The standard InChI is InChI=1S/C5H10O.2H3O4P/c1-3-5(2)4-6;2*1-5(2,3)4/h3,5-6H,1,4H2,2H3;2*(H3,1,2,3,4). The van der Waals surface area contributed by atoms with Gasteiger partial charge in [-0.2, -0.15) is 0 Å². The van der Waals surface area contributed by atoms with Crippen LogP contribution in [0.4, 0.5) is 0 Å². The van der Waals surface area contributed by atoms with Crippen LogP contribution in [0.5, 0.6) is 0 Å². The fourth-order valence-corrected chi connectivity index (χ4v) is 0.0745. The fourth-order valence-electron chi connectivity index (χ4n) is 0.0745. The highest BCUT2D eigenvalue weighted by Crippen LogP contribution is 2.26. The average molecular weight is 282 g/mol. The maximum absolute atomic E-state index is 8.88. The van der Waals surface area contributed by atoms with E-state index in [-0.39, 0.29) is 12.5 Å². The van der Waals surface area contributed by atoms with E-state index in [1.165, 1.54) is 0 Å². The zero-order valence-corrected chi connectivity index (χ0v) is 10.2. The maximum atomic E-state index is 8.88. The van der Waals surface area contributed by atoms with Crippen LogP contribution in [0.3, 0.4) is 0 Å². The van der Waals surface area contributed by atoms with Crippen LogP contribution in [-0.4, -0.2) is 41.1 Å². The van der Waals surface area contributed by atoms with Crippen molar-refractivity contribution in [3.63, 3.8) is 0 Å². The third kappa shape index (κ3) is 151. The third-order valence-electron chi connectivity index (χ3n) is 0.690. The molecule has 0 spiro atoms. The number of hydrogen-bond acceptors (Lipinski definition) is 3. The van der Waals surface area contributed by atoms with Gasteiger partial charge in [0.25, 0.3) is 0 Å². The molecular formula is C5H16O9P2. The molecule has 0 amide bonds. The van der Waals surface area contributed by atoms with Crippen molar-refractivity contribution < 1.29 is 43.6 Å². The highest BCUT2D eigenvalue weighted by atomic mass is 31.2. The van der Waals surface area contributed by atoms with Crippen LogP contribution in [0, 0.1) is 5.92 Å². The van der Waals surface area contributed by atoms with Crippen LogP contribution in [0.1, 0.15) is 6.92 Å². The molecule has 0 heterocycles. The molecule has 0 saturated heterocycles. The Labute approximate surface area is 92.2 Å². The molecule has 0 rings (SSSR count). The minimum absolute atomic E-state index is 0.212. The lowest BCUT2D eigenvalue weighted by Crippen LogP contribution is -1.93. The molecule has 0 saturated carbocycles. The van der Waals surface area contributed by atoms with E-state index < -0.39 is 15.6 Å². The molecule has 11 heteroatoms. The van der Waals surface area contributed by atoms with Gasteiger partial charge in [-0.3, -0.25) is 0 Å². The van der Waals surface area contributed by atoms with E-state index in [0.717, 1.165) is 0 Å². The highest BCUT2D eigenvalue weighted by molar-refractivity contribution is 7.45. The van der Waals surface area contributed by atoms with Crippen molar-refractivity contribution in [2.45, 2.75) is 6.92 Å². The number of rotatable bonds is 2. The summed E-state index contributed by atoms with van der Waals surface area (Å²) in [4.78, 5) is 43.1. The molecule has 0 aromatic rings. The Morgan fingerprint density at radius 1 is 1.06 bits per heavy atom. The third-order valence-corrected chi connectivity index (χ3v) is 0.690. The molecular weight excluding hydrogens is 266 g/mol. The highest BCUT2D eigenvalue weighted by Gasteiger charge is 2.00. The molecule has 0 aliphatic rings. The molecule has 0 aliphatic carbocycles. The van der Waals surface area contributed by atoms with Crippen molar-refractivity contribution in [2.24, 2.45) is 5.92 Å². The molecule has 0 aromatic carbocycles. The second-order valence-electron chi connectivity index (χ2n) is 2.42. The number of hydrogen-bond donors (Lipinski definition) is 7. The first kappa shape index (κ1) is 21.2. The zero-order valence-electron chi connectivity index (χ0n) is 8.41. The Morgan fingerprint density at radius 2 is 1.25 bits per heavy atom. The van der Waals surface area contributed by atoms with Gasteiger partial charge in [-0.25, -0.2) is 9.13 Å². The lowest BCUT2D eigenvalue weighted by molar-refractivity contribution is 0.262. The molecule has 0 fully saturated rings. The van der Waals surface area contributed by atoms with E-state index in [2.05, 4.69) is 6.58 Å². The second kappa shape index (κ2) is 10.1. The molecule has 1 atom stereocenters. The van der Waals surface area contributed by atoms with E-state index in [4.69, 9.17) is 43.6 Å². The van der Waals surface area contributed by atoms with Crippen molar-refractivity contribution in [1.29, 1.82) is 0 Å². The normalized spacial score (nSPS) is 12.5. The Balaban J connectivity index is -0.000000160.